The van der Waals surface area contributed by atoms with Gasteiger partial charge in [0, 0.05) is 0 Å². The predicted molar refractivity (Wildman–Crippen MR) is 123 cm³/mol. The molecule has 1 amide bonds. The number of methoxy groups -OCH3 is 1. The lowest BCUT2D eigenvalue weighted by atomic mass is 9.99. The molecule has 1 aromatic heterocycles. The SMILES string of the molecule is CC[C@@H](C)c1ccc(OCC(=O)N/N=C\c2ccc(OC(=O)c3ccco3)c(OC)c2)cc1. The van der Waals surface area contributed by atoms with Gasteiger partial charge in [-0.25, -0.2) is 10.2 Å². The average Bonchev–Trinajstić information content (AvgIpc) is 3.38. The lowest BCUT2D eigenvalue weighted by Crippen LogP contribution is -2.24. The van der Waals surface area contributed by atoms with Gasteiger partial charge in [-0.3, -0.25) is 4.79 Å². The van der Waals surface area contributed by atoms with Crippen LogP contribution in [0.2, 0.25) is 0 Å². The summed E-state index contributed by atoms with van der Waals surface area (Å²) in [6.45, 7) is 4.14. The number of carbonyl (C=O) groups is 2. The fraction of sp³-hybridized carbons (Fsp3) is 0.240. The summed E-state index contributed by atoms with van der Waals surface area (Å²) in [6, 6.07) is 15.7. The van der Waals surface area contributed by atoms with E-state index in [-0.39, 0.29) is 18.1 Å². The highest BCUT2D eigenvalue weighted by Gasteiger charge is 2.15. The highest BCUT2D eigenvalue weighted by molar-refractivity contribution is 5.89. The lowest BCUT2D eigenvalue weighted by Gasteiger charge is -2.10. The van der Waals surface area contributed by atoms with Crippen LogP contribution in [-0.4, -0.2) is 31.8 Å². The highest BCUT2D eigenvalue weighted by atomic mass is 16.6. The molecule has 1 heterocycles. The van der Waals surface area contributed by atoms with Crippen molar-refractivity contribution >= 4 is 18.1 Å². The molecule has 0 radical (unpaired) electrons. The molecule has 2 aromatic carbocycles. The van der Waals surface area contributed by atoms with Crippen LogP contribution in [-0.2, 0) is 4.79 Å². The number of ether oxygens (including phenoxy) is 3. The van der Waals surface area contributed by atoms with Gasteiger partial charge in [0.15, 0.2) is 18.1 Å². The van der Waals surface area contributed by atoms with Crippen LogP contribution in [0.15, 0.2) is 70.4 Å². The molecule has 0 spiro atoms. The van der Waals surface area contributed by atoms with Gasteiger partial charge in [-0.05, 0) is 65.9 Å². The Morgan fingerprint density at radius 2 is 1.91 bits per heavy atom. The minimum atomic E-state index is -0.638. The number of rotatable bonds is 10. The van der Waals surface area contributed by atoms with E-state index in [1.54, 1.807) is 24.3 Å². The monoisotopic (exact) mass is 450 g/mol. The molecule has 0 saturated carbocycles. The molecular weight excluding hydrogens is 424 g/mol. The fourth-order valence-corrected chi connectivity index (χ4v) is 2.88. The zero-order chi connectivity index (χ0) is 23.6. The number of amides is 1. The quantitative estimate of drug-likeness (QED) is 0.211. The van der Waals surface area contributed by atoms with Gasteiger partial charge in [-0.15, -0.1) is 0 Å². The number of esters is 1. The van der Waals surface area contributed by atoms with Crippen molar-refractivity contribution in [3.05, 3.63) is 77.7 Å². The molecule has 3 rings (SSSR count). The van der Waals surface area contributed by atoms with E-state index in [4.69, 9.17) is 18.6 Å². The Hall–Kier alpha value is -4.07. The molecule has 1 atom stereocenters. The third kappa shape index (κ3) is 6.70. The molecule has 0 fully saturated rings. The van der Waals surface area contributed by atoms with Crippen LogP contribution in [0, 0.1) is 0 Å². The minimum absolute atomic E-state index is 0.0825. The van der Waals surface area contributed by atoms with Gasteiger partial charge >= 0.3 is 5.97 Å². The zero-order valence-corrected chi connectivity index (χ0v) is 18.7. The van der Waals surface area contributed by atoms with E-state index in [2.05, 4.69) is 24.4 Å². The third-order valence-corrected chi connectivity index (χ3v) is 4.95. The van der Waals surface area contributed by atoms with Crippen LogP contribution in [0.1, 0.15) is 47.9 Å². The van der Waals surface area contributed by atoms with E-state index in [1.807, 2.05) is 24.3 Å². The maximum atomic E-state index is 12.0. The van der Waals surface area contributed by atoms with Gasteiger partial charge in [-0.1, -0.05) is 26.0 Å². The van der Waals surface area contributed by atoms with Crippen molar-refractivity contribution in [1.82, 2.24) is 5.43 Å². The van der Waals surface area contributed by atoms with E-state index >= 15 is 0 Å². The predicted octanol–water partition coefficient (Wildman–Crippen LogP) is 4.55. The topological polar surface area (TPSA) is 99.4 Å². The van der Waals surface area contributed by atoms with Gasteiger partial charge in [0.05, 0.1) is 19.6 Å². The first-order valence-corrected chi connectivity index (χ1v) is 10.5. The van der Waals surface area contributed by atoms with Gasteiger partial charge in [-0.2, -0.15) is 5.10 Å². The van der Waals surface area contributed by atoms with Crippen molar-refractivity contribution in [1.29, 1.82) is 0 Å². The molecule has 8 heteroatoms. The molecule has 33 heavy (non-hydrogen) atoms. The largest absolute Gasteiger partial charge is 0.493 e. The van der Waals surface area contributed by atoms with Crippen molar-refractivity contribution in [3.63, 3.8) is 0 Å². The fourth-order valence-electron chi connectivity index (χ4n) is 2.88. The van der Waals surface area contributed by atoms with Crippen LogP contribution in [0.25, 0.3) is 0 Å². The average molecular weight is 450 g/mol. The van der Waals surface area contributed by atoms with E-state index in [9.17, 15) is 9.59 Å². The second-order valence-electron chi connectivity index (χ2n) is 7.24. The molecule has 0 aliphatic heterocycles. The number of benzene rings is 2. The molecule has 0 bridgehead atoms. The maximum Gasteiger partial charge on any atom is 0.379 e. The summed E-state index contributed by atoms with van der Waals surface area (Å²) in [7, 11) is 1.45. The Morgan fingerprint density at radius 3 is 2.58 bits per heavy atom. The molecule has 0 aliphatic carbocycles. The second kappa shape index (κ2) is 11.5. The van der Waals surface area contributed by atoms with Gasteiger partial charge in [0.1, 0.15) is 5.75 Å². The van der Waals surface area contributed by atoms with Gasteiger partial charge in [0.2, 0.25) is 5.76 Å². The standard InChI is InChI=1S/C25H26N2O6/c1-4-17(2)19-8-10-20(11-9-19)32-16-24(28)27-26-15-18-7-12-21(23(14-18)30-3)33-25(29)22-6-5-13-31-22/h5-15,17H,4,16H2,1-3H3,(H,27,28)/b26-15-/t17-/m1/s1. The molecule has 8 nitrogen and oxygen atoms in total. The molecule has 172 valence electrons. The Kier molecular flexibility index (Phi) is 8.24. The number of carbonyl (C=O) groups excluding carboxylic acids is 2. The molecule has 3 aromatic rings. The summed E-state index contributed by atoms with van der Waals surface area (Å²) < 4.78 is 21.1. The van der Waals surface area contributed by atoms with Crippen molar-refractivity contribution in [3.8, 4) is 17.2 Å². The Morgan fingerprint density at radius 1 is 1.12 bits per heavy atom. The third-order valence-electron chi connectivity index (χ3n) is 4.95. The van der Waals surface area contributed by atoms with Gasteiger partial charge in [0.25, 0.3) is 5.91 Å². The van der Waals surface area contributed by atoms with Crippen molar-refractivity contribution in [2.24, 2.45) is 5.10 Å². The summed E-state index contributed by atoms with van der Waals surface area (Å²) in [4.78, 5) is 24.0. The normalized spacial score (nSPS) is 11.7. The van der Waals surface area contributed by atoms with Crippen LogP contribution in [0.3, 0.4) is 0 Å². The maximum absolute atomic E-state index is 12.0. The summed E-state index contributed by atoms with van der Waals surface area (Å²) in [6.07, 6.45) is 3.89. The smallest absolute Gasteiger partial charge is 0.379 e. The van der Waals surface area contributed by atoms with Crippen LogP contribution in [0.5, 0.6) is 17.2 Å². The Bertz CT molecular complexity index is 1090. The van der Waals surface area contributed by atoms with Crippen LogP contribution >= 0.6 is 0 Å². The number of hydrogen-bond acceptors (Lipinski definition) is 7. The highest BCUT2D eigenvalue weighted by Crippen LogP contribution is 2.28. The second-order valence-corrected chi connectivity index (χ2v) is 7.24. The molecule has 0 unspecified atom stereocenters. The summed E-state index contributed by atoms with van der Waals surface area (Å²) >= 11 is 0. The van der Waals surface area contributed by atoms with Crippen molar-refractivity contribution < 1.29 is 28.2 Å². The first-order valence-electron chi connectivity index (χ1n) is 10.5. The van der Waals surface area contributed by atoms with Crippen LogP contribution < -0.4 is 19.6 Å². The molecule has 0 saturated heterocycles. The van der Waals surface area contributed by atoms with Gasteiger partial charge < -0.3 is 18.6 Å². The molecule has 1 N–H and O–H groups in total. The van der Waals surface area contributed by atoms with E-state index in [0.717, 1.165) is 6.42 Å². The molecular formula is C25H26N2O6. The summed E-state index contributed by atoms with van der Waals surface area (Å²) in [5.74, 6) is 0.703. The summed E-state index contributed by atoms with van der Waals surface area (Å²) in [5, 5.41) is 3.93. The number of nitrogens with zero attached hydrogens (tertiary/aromatic N) is 1. The molecule has 0 aliphatic rings. The van der Waals surface area contributed by atoms with Crippen LogP contribution in [0.4, 0.5) is 0 Å². The number of furan rings is 1. The van der Waals surface area contributed by atoms with E-state index < -0.39 is 11.9 Å². The van der Waals surface area contributed by atoms with E-state index in [0.29, 0.717) is 23.0 Å². The number of hydrazone groups is 1. The lowest BCUT2D eigenvalue weighted by molar-refractivity contribution is -0.123. The number of nitrogens with one attached hydrogen (secondary N) is 1. The van der Waals surface area contributed by atoms with Crippen molar-refractivity contribution in [2.45, 2.75) is 26.2 Å². The zero-order valence-electron chi connectivity index (χ0n) is 18.7. The van der Waals surface area contributed by atoms with E-state index in [1.165, 1.54) is 31.2 Å². The first-order chi connectivity index (χ1) is 16.0. The Balaban J connectivity index is 1.50. The first kappa shape index (κ1) is 23.6. The number of hydrogen-bond donors (Lipinski definition) is 1. The van der Waals surface area contributed by atoms with Crippen molar-refractivity contribution in [2.75, 3.05) is 13.7 Å². The minimum Gasteiger partial charge on any atom is -0.493 e. The Labute approximate surface area is 192 Å². The summed E-state index contributed by atoms with van der Waals surface area (Å²) in [5.41, 5.74) is 4.27.